The molecular formula is C23H22BrClN2O4. The molecular weight excluding hydrogens is 484 g/mol. The lowest BCUT2D eigenvalue weighted by Crippen LogP contribution is -2.54. The van der Waals surface area contributed by atoms with Crippen molar-refractivity contribution in [2.24, 2.45) is 0 Å². The van der Waals surface area contributed by atoms with E-state index in [9.17, 15) is 14.4 Å². The van der Waals surface area contributed by atoms with Gasteiger partial charge < -0.3 is 4.74 Å². The van der Waals surface area contributed by atoms with Crippen LogP contribution in [0.15, 0.2) is 52.5 Å². The van der Waals surface area contributed by atoms with E-state index in [1.807, 2.05) is 6.07 Å². The topological polar surface area (TPSA) is 75.7 Å². The molecule has 31 heavy (non-hydrogen) atoms. The number of imide groups is 2. The number of benzene rings is 2. The quantitative estimate of drug-likeness (QED) is 0.282. The second-order valence-electron chi connectivity index (χ2n) is 7.03. The summed E-state index contributed by atoms with van der Waals surface area (Å²) >= 11 is 9.31. The van der Waals surface area contributed by atoms with Gasteiger partial charge in [-0.3, -0.25) is 14.9 Å². The standard InChI is InChI=1S/C23H22BrClN2O4/c1-2-3-4-5-12-31-20-11-6-16(24)13-15(20)14-19-21(28)26-23(30)27(22(19)29)18-9-7-17(25)8-10-18/h6-11,13-14H,2-5,12H2,1H3,(H,26,28,30)/b19-14-. The molecule has 1 fully saturated rings. The van der Waals surface area contributed by atoms with Crippen molar-refractivity contribution in [3.8, 4) is 5.75 Å². The van der Waals surface area contributed by atoms with E-state index >= 15 is 0 Å². The van der Waals surface area contributed by atoms with Gasteiger partial charge in [-0.05, 0) is 55.0 Å². The van der Waals surface area contributed by atoms with Gasteiger partial charge in [-0.1, -0.05) is 53.7 Å². The third kappa shape index (κ3) is 5.74. The Morgan fingerprint density at radius 1 is 1.06 bits per heavy atom. The Kier molecular flexibility index (Phi) is 7.87. The van der Waals surface area contributed by atoms with Crippen LogP contribution in [-0.2, 0) is 9.59 Å². The van der Waals surface area contributed by atoms with Crippen LogP contribution in [0.2, 0.25) is 5.02 Å². The summed E-state index contributed by atoms with van der Waals surface area (Å²) in [6.07, 6.45) is 5.71. The van der Waals surface area contributed by atoms with Crippen molar-refractivity contribution in [2.75, 3.05) is 11.5 Å². The van der Waals surface area contributed by atoms with E-state index in [-0.39, 0.29) is 5.57 Å². The first kappa shape index (κ1) is 23.0. The van der Waals surface area contributed by atoms with E-state index in [4.69, 9.17) is 16.3 Å². The predicted octanol–water partition coefficient (Wildman–Crippen LogP) is 5.73. The van der Waals surface area contributed by atoms with Gasteiger partial charge in [0.05, 0.1) is 12.3 Å². The van der Waals surface area contributed by atoms with Crippen molar-refractivity contribution in [3.63, 3.8) is 0 Å². The maximum absolute atomic E-state index is 13.1. The summed E-state index contributed by atoms with van der Waals surface area (Å²) in [6, 6.07) is 10.8. The van der Waals surface area contributed by atoms with Crippen LogP contribution in [0.25, 0.3) is 6.08 Å². The summed E-state index contributed by atoms with van der Waals surface area (Å²) in [5.74, 6) is -0.915. The van der Waals surface area contributed by atoms with Gasteiger partial charge in [-0.15, -0.1) is 0 Å². The van der Waals surface area contributed by atoms with Crippen LogP contribution >= 0.6 is 27.5 Å². The summed E-state index contributed by atoms with van der Waals surface area (Å²) in [4.78, 5) is 38.8. The van der Waals surface area contributed by atoms with E-state index in [1.54, 1.807) is 24.3 Å². The molecule has 1 N–H and O–H groups in total. The molecule has 0 bridgehead atoms. The molecule has 0 atom stereocenters. The van der Waals surface area contributed by atoms with Gasteiger partial charge in [0, 0.05) is 15.1 Å². The molecule has 1 aliphatic rings. The fourth-order valence-electron chi connectivity index (χ4n) is 3.11. The highest BCUT2D eigenvalue weighted by atomic mass is 79.9. The number of nitrogens with zero attached hydrogens (tertiary/aromatic N) is 1. The van der Waals surface area contributed by atoms with Crippen LogP contribution in [-0.4, -0.2) is 24.5 Å². The first-order chi connectivity index (χ1) is 14.9. The highest BCUT2D eigenvalue weighted by Crippen LogP contribution is 2.28. The number of halogens is 2. The maximum atomic E-state index is 13.1. The zero-order valence-electron chi connectivity index (χ0n) is 17.0. The monoisotopic (exact) mass is 504 g/mol. The SMILES string of the molecule is CCCCCCOc1ccc(Br)cc1/C=C1/C(=O)NC(=O)N(c2ccc(Cl)cc2)C1=O. The summed E-state index contributed by atoms with van der Waals surface area (Å²) in [5, 5.41) is 2.68. The first-order valence-corrected chi connectivity index (χ1v) is 11.2. The number of carbonyl (C=O) groups is 3. The van der Waals surface area contributed by atoms with Gasteiger partial charge in [0.1, 0.15) is 11.3 Å². The van der Waals surface area contributed by atoms with Crippen LogP contribution in [0.3, 0.4) is 0 Å². The zero-order chi connectivity index (χ0) is 22.4. The molecule has 0 aliphatic carbocycles. The number of unbranched alkanes of at least 4 members (excludes halogenated alkanes) is 3. The lowest BCUT2D eigenvalue weighted by atomic mass is 10.1. The molecule has 0 aromatic heterocycles. The Hall–Kier alpha value is -2.64. The van der Waals surface area contributed by atoms with Crippen LogP contribution in [0, 0.1) is 0 Å². The minimum absolute atomic E-state index is 0.163. The molecule has 0 radical (unpaired) electrons. The van der Waals surface area contributed by atoms with Gasteiger partial charge >= 0.3 is 6.03 Å². The van der Waals surface area contributed by atoms with Gasteiger partial charge in [0.2, 0.25) is 0 Å². The molecule has 0 spiro atoms. The van der Waals surface area contributed by atoms with Crippen LogP contribution in [0.5, 0.6) is 5.75 Å². The van der Waals surface area contributed by atoms with Gasteiger partial charge in [-0.2, -0.15) is 0 Å². The van der Waals surface area contributed by atoms with E-state index in [0.29, 0.717) is 28.6 Å². The number of nitrogens with one attached hydrogen (secondary N) is 1. The number of hydrogen-bond acceptors (Lipinski definition) is 4. The highest BCUT2D eigenvalue weighted by Gasteiger charge is 2.37. The number of anilines is 1. The summed E-state index contributed by atoms with van der Waals surface area (Å²) < 4.78 is 6.66. The van der Waals surface area contributed by atoms with Crippen molar-refractivity contribution in [2.45, 2.75) is 32.6 Å². The van der Waals surface area contributed by atoms with E-state index in [2.05, 4.69) is 28.2 Å². The number of amides is 4. The van der Waals surface area contributed by atoms with Crippen molar-refractivity contribution in [1.82, 2.24) is 5.32 Å². The van der Waals surface area contributed by atoms with Crippen LogP contribution < -0.4 is 15.0 Å². The molecule has 2 aromatic carbocycles. The number of carbonyl (C=O) groups excluding carboxylic acids is 3. The van der Waals surface area contributed by atoms with Crippen LogP contribution in [0.4, 0.5) is 10.5 Å². The molecule has 1 heterocycles. The van der Waals surface area contributed by atoms with E-state index < -0.39 is 17.8 Å². The Morgan fingerprint density at radius 2 is 1.81 bits per heavy atom. The molecule has 6 nitrogen and oxygen atoms in total. The molecule has 4 amide bonds. The average Bonchev–Trinajstić information content (AvgIpc) is 2.73. The molecule has 2 aromatic rings. The van der Waals surface area contributed by atoms with Gasteiger partial charge in [0.25, 0.3) is 11.8 Å². The molecule has 8 heteroatoms. The van der Waals surface area contributed by atoms with Crippen molar-refractivity contribution in [3.05, 3.63) is 63.1 Å². The zero-order valence-corrected chi connectivity index (χ0v) is 19.3. The predicted molar refractivity (Wildman–Crippen MR) is 124 cm³/mol. The minimum Gasteiger partial charge on any atom is -0.493 e. The molecule has 1 saturated heterocycles. The number of ether oxygens (including phenoxy) is 1. The van der Waals surface area contributed by atoms with Gasteiger partial charge in [-0.25, -0.2) is 9.69 Å². The lowest BCUT2D eigenvalue weighted by Gasteiger charge is -2.26. The van der Waals surface area contributed by atoms with E-state index in [1.165, 1.54) is 18.2 Å². The fourth-order valence-corrected chi connectivity index (χ4v) is 3.62. The number of hydrogen-bond donors (Lipinski definition) is 1. The van der Waals surface area contributed by atoms with E-state index in [0.717, 1.165) is 35.1 Å². The Morgan fingerprint density at radius 3 is 2.52 bits per heavy atom. The molecule has 0 unspecified atom stereocenters. The first-order valence-electron chi connectivity index (χ1n) is 10.00. The largest absolute Gasteiger partial charge is 0.493 e. The Labute approximate surface area is 194 Å². The number of barbiturate groups is 1. The third-order valence-electron chi connectivity index (χ3n) is 4.71. The molecule has 162 valence electrons. The smallest absolute Gasteiger partial charge is 0.335 e. The third-order valence-corrected chi connectivity index (χ3v) is 5.46. The molecule has 1 aliphatic heterocycles. The highest BCUT2D eigenvalue weighted by molar-refractivity contribution is 9.10. The number of urea groups is 1. The second kappa shape index (κ2) is 10.6. The summed E-state index contributed by atoms with van der Waals surface area (Å²) in [5.41, 5.74) is 0.712. The molecule has 0 saturated carbocycles. The van der Waals surface area contributed by atoms with Crippen molar-refractivity contribution >= 4 is 57.1 Å². The van der Waals surface area contributed by atoms with Crippen LogP contribution in [0.1, 0.15) is 38.2 Å². The fraction of sp³-hybridized carbons (Fsp3) is 0.261. The Balaban J connectivity index is 1.89. The summed E-state index contributed by atoms with van der Waals surface area (Å²) in [7, 11) is 0. The molecule has 3 rings (SSSR count). The van der Waals surface area contributed by atoms with Gasteiger partial charge in [0.15, 0.2) is 0 Å². The normalized spacial score (nSPS) is 15.4. The number of rotatable bonds is 8. The average molecular weight is 506 g/mol. The lowest BCUT2D eigenvalue weighted by molar-refractivity contribution is -0.122. The van der Waals surface area contributed by atoms with Crippen molar-refractivity contribution < 1.29 is 19.1 Å². The maximum Gasteiger partial charge on any atom is 0.335 e. The summed E-state index contributed by atoms with van der Waals surface area (Å²) in [6.45, 7) is 2.68. The van der Waals surface area contributed by atoms with Crippen molar-refractivity contribution in [1.29, 1.82) is 0 Å². The Bertz CT molecular complexity index is 1020. The minimum atomic E-state index is -0.809. The second-order valence-corrected chi connectivity index (χ2v) is 8.38.